The lowest BCUT2D eigenvalue weighted by Gasteiger charge is -2.45. The first kappa shape index (κ1) is 21.4. The first-order valence-electron chi connectivity index (χ1n) is 11.2. The second-order valence-electron chi connectivity index (χ2n) is 8.83. The molecule has 0 radical (unpaired) electrons. The summed E-state index contributed by atoms with van der Waals surface area (Å²) in [6.45, 7) is 0.145. The van der Waals surface area contributed by atoms with Gasteiger partial charge >= 0.3 is 6.03 Å². The van der Waals surface area contributed by atoms with Crippen molar-refractivity contribution in [1.29, 1.82) is 0 Å². The highest BCUT2D eigenvalue weighted by Gasteiger charge is 2.48. The molecule has 5 amide bonds. The van der Waals surface area contributed by atoms with Crippen molar-refractivity contribution < 1.29 is 23.6 Å². The van der Waals surface area contributed by atoms with Crippen LogP contribution in [0.4, 0.5) is 4.79 Å². The maximum absolute atomic E-state index is 13.6. The third-order valence-corrected chi connectivity index (χ3v) is 6.74. The summed E-state index contributed by atoms with van der Waals surface area (Å²) >= 11 is 0. The van der Waals surface area contributed by atoms with Crippen LogP contribution in [0.5, 0.6) is 0 Å². The van der Waals surface area contributed by atoms with E-state index in [0.29, 0.717) is 18.6 Å². The average Bonchev–Trinajstić information content (AvgIpc) is 3.50. The molecule has 2 aliphatic carbocycles. The van der Waals surface area contributed by atoms with E-state index in [-0.39, 0.29) is 30.8 Å². The molecule has 0 aromatic carbocycles. The van der Waals surface area contributed by atoms with Crippen LogP contribution in [0, 0.1) is 0 Å². The Hall–Kier alpha value is -2.84. The molecule has 9 nitrogen and oxygen atoms in total. The minimum absolute atomic E-state index is 0.112. The van der Waals surface area contributed by atoms with E-state index in [2.05, 4.69) is 16.0 Å². The molecule has 0 unspecified atom stereocenters. The Morgan fingerprint density at radius 1 is 1.13 bits per heavy atom. The van der Waals surface area contributed by atoms with Crippen molar-refractivity contribution in [3.05, 3.63) is 24.2 Å². The Balaban J connectivity index is 1.61. The van der Waals surface area contributed by atoms with Crippen molar-refractivity contribution in [3.8, 4) is 0 Å². The van der Waals surface area contributed by atoms with E-state index in [1.165, 1.54) is 6.26 Å². The summed E-state index contributed by atoms with van der Waals surface area (Å²) in [6.07, 6.45) is 9.31. The standard InChI is InChI=1S/C22H30N4O5/c27-18(13-17-19(28)25-21(30)24-17)26(14-16-9-6-12-31-16)22(10-4-1-5-11-22)20(29)23-15-7-2-3-8-15/h6,9,12,15,17H,1-5,7-8,10-11,13-14H2,(H,23,29)(H2,24,25,28,30)/t17-/m0/s1. The van der Waals surface area contributed by atoms with E-state index < -0.39 is 23.5 Å². The molecule has 1 aromatic rings. The molecule has 1 aromatic heterocycles. The van der Waals surface area contributed by atoms with Gasteiger partial charge in [-0.2, -0.15) is 0 Å². The van der Waals surface area contributed by atoms with Crippen LogP contribution in [-0.2, 0) is 20.9 Å². The first-order chi connectivity index (χ1) is 15.0. The average molecular weight is 431 g/mol. The molecule has 1 atom stereocenters. The molecule has 9 heteroatoms. The molecule has 3 aliphatic rings. The summed E-state index contributed by atoms with van der Waals surface area (Å²) < 4.78 is 5.50. The van der Waals surface area contributed by atoms with E-state index in [1.807, 2.05) is 0 Å². The highest BCUT2D eigenvalue weighted by molar-refractivity contribution is 6.06. The van der Waals surface area contributed by atoms with Crippen LogP contribution in [0.25, 0.3) is 0 Å². The molecule has 2 heterocycles. The predicted octanol–water partition coefficient (Wildman–Crippen LogP) is 1.97. The van der Waals surface area contributed by atoms with Crippen molar-refractivity contribution in [3.63, 3.8) is 0 Å². The normalized spacial score (nSPS) is 23.3. The molecule has 1 aliphatic heterocycles. The van der Waals surface area contributed by atoms with Crippen LogP contribution in [0.2, 0.25) is 0 Å². The largest absolute Gasteiger partial charge is 0.467 e. The van der Waals surface area contributed by atoms with Crippen LogP contribution in [0.1, 0.15) is 70.0 Å². The SMILES string of the molecule is O=C1NC(=O)[C@H](CC(=O)N(Cc2ccco2)C2(C(=O)NC3CCCC3)CCCCC2)N1. The van der Waals surface area contributed by atoms with Crippen LogP contribution >= 0.6 is 0 Å². The number of imide groups is 1. The number of furan rings is 1. The van der Waals surface area contributed by atoms with Gasteiger partial charge in [0.1, 0.15) is 17.3 Å². The molecule has 0 bridgehead atoms. The highest BCUT2D eigenvalue weighted by Crippen LogP contribution is 2.36. The van der Waals surface area contributed by atoms with Crippen molar-refractivity contribution in [2.75, 3.05) is 0 Å². The second kappa shape index (κ2) is 9.11. The lowest BCUT2D eigenvalue weighted by atomic mass is 9.78. The van der Waals surface area contributed by atoms with Gasteiger partial charge in [0.15, 0.2) is 0 Å². The number of nitrogens with zero attached hydrogens (tertiary/aromatic N) is 1. The molecular formula is C22H30N4O5. The Morgan fingerprint density at radius 2 is 1.87 bits per heavy atom. The molecule has 0 spiro atoms. The fourth-order valence-corrected chi connectivity index (χ4v) is 5.07. The summed E-state index contributed by atoms with van der Waals surface area (Å²) in [5.74, 6) is -0.405. The number of hydrogen-bond donors (Lipinski definition) is 3. The second-order valence-corrected chi connectivity index (χ2v) is 8.83. The Bertz CT molecular complexity index is 825. The number of hydrogen-bond acceptors (Lipinski definition) is 5. The van der Waals surface area contributed by atoms with Gasteiger partial charge in [0, 0.05) is 6.04 Å². The smallest absolute Gasteiger partial charge is 0.322 e. The third kappa shape index (κ3) is 4.60. The summed E-state index contributed by atoms with van der Waals surface area (Å²) in [4.78, 5) is 52.2. The summed E-state index contributed by atoms with van der Waals surface area (Å²) in [6, 6.07) is 2.13. The van der Waals surface area contributed by atoms with Gasteiger partial charge in [-0.15, -0.1) is 0 Å². The van der Waals surface area contributed by atoms with Gasteiger partial charge in [-0.3, -0.25) is 19.7 Å². The zero-order valence-corrected chi connectivity index (χ0v) is 17.7. The van der Waals surface area contributed by atoms with Crippen molar-refractivity contribution in [2.24, 2.45) is 0 Å². The molecule has 168 valence electrons. The van der Waals surface area contributed by atoms with Gasteiger partial charge in [0.2, 0.25) is 11.8 Å². The number of rotatable bonds is 7. The number of carbonyl (C=O) groups excluding carboxylic acids is 4. The van der Waals surface area contributed by atoms with Gasteiger partial charge in [0.25, 0.3) is 5.91 Å². The molecule has 2 saturated carbocycles. The zero-order valence-electron chi connectivity index (χ0n) is 17.7. The van der Waals surface area contributed by atoms with E-state index >= 15 is 0 Å². The Morgan fingerprint density at radius 3 is 2.48 bits per heavy atom. The zero-order chi connectivity index (χ0) is 21.8. The lowest BCUT2D eigenvalue weighted by molar-refractivity contribution is -0.153. The Kier molecular flexibility index (Phi) is 6.29. The summed E-state index contributed by atoms with van der Waals surface area (Å²) in [7, 11) is 0. The van der Waals surface area contributed by atoms with E-state index in [4.69, 9.17) is 4.42 Å². The number of urea groups is 1. The number of amides is 5. The molecule has 3 fully saturated rings. The summed E-state index contributed by atoms with van der Waals surface area (Å²) in [5, 5.41) is 7.84. The van der Waals surface area contributed by atoms with E-state index in [1.54, 1.807) is 17.0 Å². The quantitative estimate of drug-likeness (QED) is 0.571. The minimum Gasteiger partial charge on any atom is -0.467 e. The predicted molar refractivity (Wildman–Crippen MR) is 111 cm³/mol. The van der Waals surface area contributed by atoms with Crippen molar-refractivity contribution >= 4 is 23.8 Å². The molecule has 31 heavy (non-hydrogen) atoms. The van der Waals surface area contributed by atoms with Crippen LogP contribution in [0.3, 0.4) is 0 Å². The highest BCUT2D eigenvalue weighted by atomic mass is 16.3. The van der Waals surface area contributed by atoms with Crippen molar-refractivity contribution in [1.82, 2.24) is 20.9 Å². The van der Waals surface area contributed by atoms with Gasteiger partial charge in [0.05, 0.1) is 19.2 Å². The van der Waals surface area contributed by atoms with Gasteiger partial charge in [-0.25, -0.2) is 4.79 Å². The van der Waals surface area contributed by atoms with Crippen LogP contribution in [0.15, 0.2) is 22.8 Å². The minimum atomic E-state index is -0.982. The summed E-state index contributed by atoms with van der Waals surface area (Å²) in [5.41, 5.74) is -0.982. The number of nitrogens with one attached hydrogen (secondary N) is 3. The Labute approximate surface area is 181 Å². The third-order valence-electron chi connectivity index (χ3n) is 6.74. The van der Waals surface area contributed by atoms with Gasteiger partial charge in [-0.05, 0) is 37.8 Å². The maximum Gasteiger partial charge on any atom is 0.322 e. The molecule has 1 saturated heterocycles. The van der Waals surface area contributed by atoms with E-state index in [0.717, 1.165) is 44.9 Å². The molecular weight excluding hydrogens is 400 g/mol. The maximum atomic E-state index is 13.6. The van der Waals surface area contributed by atoms with Gasteiger partial charge < -0.3 is 20.0 Å². The fraction of sp³-hybridized carbons (Fsp3) is 0.636. The van der Waals surface area contributed by atoms with E-state index in [9.17, 15) is 19.2 Å². The fourth-order valence-electron chi connectivity index (χ4n) is 5.07. The topological polar surface area (TPSA) is 121 Å². The van der Waals surface area contributed by atoms with Crippen LogP contribution < -0.4 is 16.0 Å². The first-order valence-corrected chi connectivity index (χ1v) is 11.2. The lowest BCUT2D eigenvalue weighted by Crippen LogP contribution is -2.62. The number of carbonyl (C=O) groups is 4. The van der Waals surface area contributed by atoms with Crippen LogP contribution in [-0.4, -0.2) is 46.3 Å². The van der Waals surface area contributed by atoms with Gasteiger partial charge in [-0.1, -0.05) is 32.1 Å². The monoisotopic (exact) mass is 430 g/mol. The molecule has 4 rings (SSSR count). The molecule has 3 N–H and O–H groups in total. The van der Waals surface area contributed by atoms with Crippen molar-refractivity contribution in [2.45, 2.75) is 88.4 Å².